The van der Waals surface area contributed by atoms with Gasteiger partial charge in [-0.25, -0.2) is 0 Å². The summed E-state index contributed by atoms with van der Waals surface area (Å²) >= 11 is 5.48. The molecule has 0 aliphatic heterocycles. The number of phenolic OH excluding ortho intramolecular Hbond substituents is 1. The highest BCUT2D eigenvalue weighted by Gasteiger charge is 2.01. The first-order valence-electron chi connectivity index (χ1n) is 2.68. The standard InChI is InChI=1S/C7H5ClO2.5FH/c8-6-3-1-2-5(4-9)7(6)10;;;;;/h1-4,10H;5*1H. The number of hydrogen-bond donors (Lipinski definition) is 1. The fraction of sp³-hybridized carbons (Fsp3) is 0. The number of hydrogen-bond acceptors (Lipinski definition) is 2. The van der Waals surface area contributed by atoms with E-state index >= 15 is 0 Å². The molecule has 2 nitrogen and oxygen atoms in total. The molecule has 0 bridgehead atoms. The van der Waals surface area contributed by atoms with Crippen LogP contribution >= 0.6 is 11.6 Å². The quantitative estimate of drug-likeness (QED) is 0.619. The molecule has 0 aliphatic rings. The minimum absolute atomic E-state index is 0. The van der Waals surface area contributed by atoms with Gasteiger partial charge in [0.25, 0.3) is 0 Å². The number of para-hydroxylation sites is 1. The zero-order valence-electron chi connectivity index (χ0n) is 7.08. The lowest BCUT2D eigenvalue weighted by Crippen LogP contribution is -1.79. The third-order valence-electron chi connectivity index (χ3n) is 1.14. The van der Waals surface area contributed by atoms with Crippen molar-refractivity contribution in [1.82, 2.24) is 0 Å². The number of aromatic hydroxyl groups is 1. The predicted octanol–water partition coefficient (Wildman–Crippen LogP) is 2.62. The molecule has 0 radical (unpaired) electrons. The Kier molecular flexibility index (Phi) is 24.6. The summed E-state index contributed by atoms with van der Waals surface area (Å²) < 4.78 is 0. The number of rotatable bonds is 1. The first kappa shape index (κ1) is 29.2. The number of carbonyl (C=O) groups is 1. The van der Waals surface area contributed by atoms with E-state index in [2.05, 4.69) is 0 Å². The Morgan fingerprint density at radius 1 is 1.07 bits per heavy atom. The second-order valence-electron chi connectivity index (χ2n) is 1.80. The van der Waals surface area contributed by atoms with Crippen molar-refractivity contribution in [1.29, 1.82) is 0 Å². The van der Waals surface area contributed by atoms with Crippen LogP contribution in [0, 0.1) is 0 Å². The van der Waals surface area contributed by atoms with E-state index in [-0.39, 0.29) is 39.9 Å². The van der Waals surface area contributed by atoms with E-state index in [1.54, 1.807) is 6.07 Å². The van der Waals surface area contributed by atoms with Gasteiger partial charge in [0.1, 0.15) is 5.75 Å². The van der Waals surface area contributed by atoms with Crippen molar-refractivity contribution in [3.63, 3.8) is 0 Å². The van der Waals surface area contributed by atoms with E-state index in [1.807, 2.05) is 0 Å². The molecule has 1 rings (SSSR count). The van der Waals surface area contributed by atoms with Crippen LogP contribution in [-0.2, 0) is 0 Å². The lowest BCUT2D eigenvalue weighted by atomic mass is 10.2. The minimum atomic E-state index is -0.154. The first-order valence-corrected chi connectivity index (χ1v) is 3.06. The van der Waals surface area contributed by atoms with Crippen molar-refractivity contribution in [2.75, 3.05) is 0 Å². The fourth-order valence-electron chi connectivity index (χ4n) is 0.627. The van der Waals surface area contributed by atoms with Crippen molar-refractivity contribution in [2.45, 2.75) is 0 Å². The molecule has 0 spiro atoms. The van der Waals surface area contributed by atoms with Gasteiger partial charge in [-0.1, -0.05) is 17.7 Å². The zero-order valence-corrected chi connectivity index (χ0v) is 7.84. The molecule has 0 aliphatic carbocycles. The number of halogens is 6. The van der Waals surface area contributed by atoms with Crippen LogP contribution in [0.1, 0.15) is 10.4 Å². The van der Waals surface area contributed by atoms with Crippen molar-refractivity contribution in [2.24, 2.45) is 0 Å². The molecule has 0 aromatic heterocycles. The summed E-state index contributed by atoms with van der Waals surface area (Å²) in [6, 6.07) is 4.61. The Bertz CT molecular complexity index is 272. The molecule has 0 unspecified atom stereocenters. The fourth-order valence-corrected chi connectivity index (χ4v) is 0.809. The van der Waals surface area contributed by atoms with Gasteiger partial charge in [-0.3, -0.25) is 28.3 Å². The average molecular weight is 257 g/mol. The highest BCUT2D eigenvalue weighted by atomic mass is 35.5. The molecule has 1 aromatic carbocycles. The maximum absolute atomic E-state index is 10.2. The average Bonchev–Trinajstić information content (AvgIpc) is 1.95. The van der Waals surface area contributed by atoms with Crippen molar-refractivity contribution in [3.05, 3.63) is 28.8 Å². The summed E-state index contributed by atoms with van der Waals surface area (Å²) in [4.78, 5) is 10.2. The van der Waals surface area contributed by atoms with Crippen LogP contribution in [0.5, 0.6) is 5.75 Å². The number of phenols is 1. The molecule has 0 saturated carbocycles. The van der Waals surface area contributed by atoms with E-state index in [9.17, 15) is 4.79 Å². The van der Waals surface area contributed by atoms with Crippen molar-refractivity contribution >= 4 is 17.9 Å². The summed E-state index contributed by atoms with van der Waals surface area (Å²) in [6.07, 6.45) is 0.557. The molecule has 1 aromatic rings. The number of carbonyl (C=O) groups excluding carboxylic acids is 1. The molecule has 0 atom stereocenters. The molecule has 15 heavy (non-hydrogen) atoms. The lowest BCUT2D eigenvalue weighted by molar-refractivity contribution is 0.112. The first-order chi connectivity index (χ1) is 4.75. The molecular formula is C7H10ClF5O2. The lowest BCUT2D eigenvalue weighted by Gasteiger charge is -1.96. The zero-order chi connectivity index (χ0) is 7.56. The van der Waals surface area contributed by atoms with Gasteiger partial charge in [0.2, 0.25) is 0 Å². The summed E-state index contributed by atoms with van der Waals surface area (Å²) in [5.41, 5.74) is 0.215. The molecular weight excluding hydrogens is 247 g/mol. The molecule has 92 valence electrons. The van der Waals surface area contributed by atoms with Crippen LogP contribution in [0.25, 0.3) is 0 Å². The van der Waals surface area contributed by atoms with Crippen molar-refractivity contribution in [3.8, 4) is 5.75 Å². The Morgan fingerprint density at radius 2 is 1.53 bits per heavy atom. The van der Waals surface area contributed by atoms with Crippen LogP contribution < -0.4 is 0 Å². The van der Waals surface area contributed by atoms with Gasteiger partial charge in [-0.2, -0.15) is 0 Å². The van der Waals surface area contributed by atoms with Gasteiger partial charge in [0, 0.05) is 0 Å². The highest BCUT2D eigenvalue weighted by Crippen LogP contribution is 2.24. The van der Waals surface area contributed by atoms with Crippen LogP contribution in [0.2, 0.25) is 5.02 Å². The molecule has 0 amide bonds. The van der Waals surface area contributed by atoms with Crippen molar-refractivity contribution < 1.29 is 33.4 Å². The molecule has 0 heterocycles. The van der Waals surface area contributed by atoms with E-state index in [4.69, 9.17) is 16.7 Å². The Labute approximate surface area is 86.7 Å². The van der Waals surface area contributed by atoms with Gasteiger partial charge in [0.05, 0.1) is 10.6 Å². The smallest absolute Gasteiger partial charge is 0.153 e. The molecule has 0 saturated heterocycles. The monoisotopic (exact) mass is 256 g/mol. The maximum Gasteiger partial charge on any atom is 0.153 e. The Balaban J connectivity index is -0.0000000667. The second kappa shape index (κ2) is 12.6. The van der Waals surface area contributed by atoms with E-state index < -0.39 is 0 Å². The summed E-state index contributed by atoms with van der Waals surface area (Å²) in [7, 11) is 0. The summed E-state index contributed by atoms with van der Waals surface area (Å²) in [5.74, 6) is -0.154. The van der Waals surface area contributed by atoms with E-state index in [0.29, 0.717) is 6.29 Å². The Hall–Kier alpha value is -1.37. The topological polar surface area (TPSA) is 37.3 Å². The van der Waals surface area contributed by atoms with Crippen LogP contribution in [-0.4, -0.2) is 11.4 Å². The van der Waals surface area contributed by atoms with Gasteiger partial charge < -0.3 is 5.11 Å². The third kappa shape index (κ3) is 6.67. The molecule has 1 N–H and O–H groups in total. The largest absolute Gasteiger partial charge is 0.506 e. The van der Waals surface area contributed by atoms with E-state index in [1.165, 1.54) is 12.1 Å². The predicted molar refractivity (Wildman–Crippen MR) is 51.0 cm³/mol. The van der Waals surface area contributed by atoms with Gasteiger partial charge >= 0.3 is 0 Å². The van der Waals surface area contributed by atoms with E-state index in [0.717, 1.165) is 0 Å². The number of aldehydes is 1. The maximum atomic E-state index is 10.2. The normalized spacial score (nSPS) is 6.20. The number of benzene rings is 1. The Morgan fingerprint density at radius 3 is 1.87 bits per heavy atom. The molecule has 8 heteroatoms. The van der Waals surface area contributed by atoms with Gasteiger partial charge in [-0.15, -0.1) is 0 Å². The minimum Gasteiger partial charge on any atom is -0.506 e. The van der Waals surface area contributed by atoms with Gasteiger partial charge in [0.15, 0.2) is 6.29 Å². The third-order valence-corrected chi connectivity index (χ3v) is 1.45. The summed E-state index contributed by atoms with van der Waals surface area (Å²) in [6.45, 7) is 0. The van der Waals surface area contributed by atoms with Gasteiger partial charge in [-0.05, 0) is 12.1 Å². The van der Waals surface area contributed by atoms with Crippen LogP contribution in [0.15, 0.2) is 18.2 Å². The SMILES string of the molecule is F.F.F.F.F.O=Cc1cccc(Cl)c1O. The second-order valence-corrected chi connectivity index (χ2v) is 2.20. The highest BCUT2D eigenvalue weighted by molar-refractivity contribution is 6.32. The van der Waals surface area contributed by atoms with Crippen LogP contribution in [0.3, 0.4) is 0 Å². The van der Waals surface area contributed by atoms with Crippen LogP contribution in [0.4, 0.5) is 23.5 Å². The molecule has 0 fully saturated rings. The summed E-state index contributed by atoms with van der Waals surface area (Å²) in [5, 5.41) is 9.23.